The van der Waals surface area contributed by atoms with Crippen LogP contribution >= 0.6 is 0 Å². The average Bonchev–Trinajstić information content (AvgIpc) is 3.23. The molecule has 4 aromatic rings. The van der Waals surface area contributed by atoms with Gasteiger partial charge in [-0.15, -0.1) is 0 Å². The van der Waals surface area contributed by atoms with E-state index in [9.17, 15) is 35.7 Å². The van der Waals surface area contributed by atoms with E-state index < -0.39 is 23.9 Å². The number of aromatic hydroxyl groups is 6. The van der Waals surface area contributed by atoms with Gasteiger partial charge in [0.25, 0.3) is 0 Å². The normalized spacial score (nSPS) is 18.9. The van der Waals surface area contributed by atoms with E-state index in [1.807, 2.05) is 0 Å². The number of phenolic OH excluding ortho intramolecular Hbond substituents is 6. The van der Waals surface area contributed by atoms with E-state index in [0.717, 1.165) is 0 Å². The van der Waals surface area contributed by atoms with E-state index in [-0.39, 0.29) is 46.0 Å². The first-order valence-electron chi connectivity index (χ1n) is 12.1. The number of benzene rings is 4. The molecule has 1 aliphatic rings. The van der Waals surface area contributed by atoms with Gasteiger partial charge in [-0.1, -0.05) is 12.1 Å². The summed E-state index contributed by atoms with van der Waals surface area (Å²) < 4.78 is 10.6. The Morgan fingerprint density at radius 1 is 0.615 bits per heavy atom. The van der Waals surface area contributed by atoms with Crippen molar-refractivity contribution in [3.05, 3.63) is 94.5 Å². The number of methoxy groups -OCH3 is 2. The molecular formula is C30H28O9. The van der Waals surface area contributed by atoms with Gasteiger partial charge in [0, 0.05) is 35.4 Å². The van der Waals surface area contributed by atoms with E-state index in [4.69, 9.17) is 9.47 Å². The molecule has 0 unspecified atom stereocenters. The van der Waals surface area contributed by atoms with Gasteiger partial charge in [0.15, 0.2) is 23.0 Å². The fourth-order valence-electron chi connectivity index (χ4n) is 5.76. The molecule has 39 heavy (non-hydrogen) atoms. The second kappa shape index (κ2) is 9.85. The van der Waals surface area contributed by atoms with Crippen molar-refractivity contribution in [2.75, 3.05) is 14.2 Å². The minimum atomic E-state index is -1.25. The molecule has 9 heteroatoms. The van der Waals surface area contributed by atoms with Gasteiger partial charge in [-0.3, -0.25) is 0 Å². The Labute approximate surface area is 224 Å². The van der Waals surface area contributed by atoms with E-state index >= 15 is 0 Å². The lowest BCUT2D eigenvalue weighted by atomic mass is 9.74. The zero-order valence-electron chi connectivity index (χ0n) is 21.1. The summed E-state index contributed by atoms with van der Waals surface area (Å²) in [5.41, 5.74) is 2.31. The fourth-order valence-corrected chi connectivity index (χ4v) is 5.76. The van der Waals surface area contributed by atoms with E-state index in [2.05, 4.69) is 0 Å². The van der Waals surface area contributed by atoms with Crippen LogP contribution in [0.2, 0.25) is 0 Å². The molecule has 202 valence electrons. The number of rotatable bonds is 6. The third-order valence-electron chi connectivity index (χ3n) is 7.35. The van der Waals surface area contributed by atoms with E-state index in [1.165, 1.54) is 62.8 Å². The highest BCUT2D eigenvalue weighted by Crippen LogP contribution is 2.62. The SMILES string of the molecule is COc1cc([C@@H]2c3c(O)cc(O)cc3[C@H]([C@@H](O)c3ccc(O)c(OC)c3)[C@H]2c2cc(O)cc(O)c2)ccc1O. The standard InChI is InChI=1S/C30H28O9/c1-38-24-9-14(3-5-21(24)34)26-27(16-7-17(31)11-18(32)8-16)29(20-12-19(33)13-23(36)28(20)26)30(37)15-4-6-22(35)25(10-15)39-2/h3-13,26-27,29-37H,1-2H3/t26-,27-,29-,30-/m0/s1. The fraction of sp³-hybridized carbons (Fsp3) is 0.200. The van der Waals surface area contributed by atoms with Gasteiger partial charge < -0.3 is 45.2 Å². The van der Waals surface area contributed by atoms with E-state index in [1.54, 1.807) is 18.2 Å². The second-order valence-electron chi connectivity index (χ2n) is 9.59. The minimum absolute atomic E-state index is 0.0891. The van der Waals surface area contributed by atoms with Crippen molar-refractivity contribution in [1.82, 2.24) is 0 Å². The van der Waals surface area contributed by atoms with Gasteiger partial charge in [-0.25, -0.2) is 0 Å². The van der Waals surface area contributed by atoms with Gasteiger partial charge in [0.05, 0.1) is 20.3 Å². The maximum atomic E-state index is 11.8. The molecular weight excluding hydrogens is 504 g/mol. The van der Waals surface area contributed by atoms with Crippen LogP contribution in [-0.2, 0) is 0 Å². The van der Waals surface area contributed by atoms with Crippen molar-refractivity contribution in [3.8, 4) is 46.0 Å². The molecule has 0 bridgehead atoms. The van der Waals surface area contributed by atoms with Gasteiger partial charge in [-0.2, -0.15) is 0 Å². The molecule has 0 saturated carbocycles. The molecule has 7 N–H and O–H groups in total. The lowest BCUT2D eigenvalue weighted by Gasteiger charge is -2.30. The van der Waals surface area contributed by atoms with Gasteiger partial charge in [-0.05, 0) is 64.7 Å². The minimum Gasteiger partial charge on any atom is -0.508 e. The Kier molecular flexibility index (Phi) is 6.53. The summed E-state index contributed by atoms with van der Waals surface area (Å²) in [5, 5.41) is 74.5. The first-order valence-corrected chi connectivity index (χ1v) is 12.1. The summed E-state index contributed by atoms with van der Waals surface area (Å²) >= 11 is 0. The maximum Gasteiger partial charge on any atom is 0.160 e. The molecule has 0 fully saturated rings. The number of fused-ring (bicyclic) bond motifs is 1. The predicted octanol–water partition coefficient (Wildman–Crippen LogP) is 4.68. The monoisotopic (exact) mass is 532 g/mol. The molecule has 0 amide bonds. The number of phenols is 6. The molecule has 0 heterocycles. The zero-order valence-corrected chi connectivity index (χ0v) is 21.1. The summed E-state index contributed by atoms with van der Waals surface area (Å²) in [4.78, 5) is 0. The lowest BCUT2D eigenvalue weighted by molar-refractivity contribution is 0.134. The number of aliphatic hydroxyl groups is 1. The number of aliphatic hydroxyl groups excluding tert-OH is 1. The average molecular weight is 533 g/mol. The van der Waals surface area contributed by atoms with Crippen molar-refractivity contribution in [2.24, 2.45) is 0 Å². The van der Waals surface area contributed by atoms with Crippen molar-refractivity contribution in [1.29, 1.82) is 0 Å². The topological polar surface area (TPSA) is 160 Å². The Bertz CT molecular complexity index is 1530. The van der Waals surface area contributed by atoms with Crippen molar-refractivity contribution >= 4 is 0 Å². The van der Waals surface area contributed by atoms with Gasteiger partial charge in [0.1, 0.15) is 23.0 Å². The summed E-state index contributed by atoms with van der Waals surface area (Å²) in [5.74, 6) is -2.88. The molecule has 0 radical (unpaired) electrons. The molecule has 4 aromatic carbocycles. The number of hydrogen-bond acceptors (Lipinski definition) is 9. The maximum absolute atomic E-state index is 11.8. The lowest BCUT2D eigenvalue weighted by Crippen LogP contribution is -2.18. The molecule has 4 atom stereocenters. The van der Waals surface area contributed by atoms with Crippen molar-refractivity contribution in [2.45, 2.75) is 23.9 Å². The predicted molar refractivity (Wildman–Crippen MR) is 141 cm³/mol. The van der Waals surface area contributed by atoms with Crippen LogP contribution in [0.25, 0.3) is 0 Å². The molecule has 0 aromatic heterocycles. The Morgan fingerprint density at radius 3 is 1.85 bits per heavy atom. The van der Waals surface area contributed by atoms with Crippen LogP contribution in [0.3, 0.4) is 0 Å². The number of ether oxygens (including phenoxy) is 2. The van der Waals surface area contributed by atoms with Crippen LogP contribution in [0.5, 0.6) is 46.0 Å². The van der Waals surface area contributed by atoms with Crippen LogP contribution in [0.4, 0.5) is 0 Å². The Hall–Kier alpha value is -4.76. The highest BCUT2D eigenvalue weighted by Gasteiger charge is 2.48. The molecule has 1 aliphatic carbocycles. The van der Waals surface area contributed by atoms with Crippen LogP contribution in [0.1, 0.15) is 51.7 Å². The smallest absolute Gasteiger partial charge is 0.160 e. The van der Waals surface area contributed by atoms with Crippen LogP contribution in [-0.4, -0.2) is 50.0 Å². The van der Waals surface area contributed by atoms with Crippen LogP contribution in [0.15, 0.2) is 66.7 Å². The quantitative estimate of drug-likeness (QED) is 0.187. The first kappa shape index (κ1) is 25.9. The Balaban J connectivity index is 1.80. The third-order valence-corrected chi connectivity index (χ3v) is 7.35. The van der Waals surface area contributed by atoms with E-state index in [0.29, 0.717) is 27.8 Å². The summed E-state index contributed by atoms with van der Waals surface area (Å²) in [7, 11) is 2.80. The summed E-state index contributed by atoms with van der Waals surface area (Å²) in [6.45, 7) is 0. The molecule has 0 aliphatic heterocycles. The van der Waals surface area contributed by atoms with Gasteiger partial charge >= 0.3 is 0 Å². The van der Waals surface area contributed by atoms with Crippen LogP contribution in [0, 0.1) is 0 Å². The third kappa shape index (κ3) is 4.46. The highest BCUT2D eigenvalue weighted by atomic mass is 16.5. The van der Waals surface area contributed by atoms with Crippen molar-refractivity contribution < 1.29 is 45.2 Å². The summed E-state index contributed by atoms with van der Waals surface area (Å²) in [6, 6.07) is 16.0. The highest BCUT2D eigenvalue weighted by molar-refractivity contribution is 5.62. The van der Waals surface area contributed by atoms with Crippen LogP contribution < -0.4 is 9.47 Å². The Morgan fingerprint density at radius 2 is 1.21 bits per heavy atom. The second-order valence-corrected chi connectivity index (χ2v) is 9.59. The molecule has 5 rings (SSSR count). The molecule has 0 saturated heterocycles. The number of hydrogen-bond donors (Lipinski definition) is 7. The first-order chi connectivity index (χ1) is 18.6. The largest absolute Gasteiger partial charge is 0.508 e. The molecule has 0 spiro atoms. The van der Waals surface area contributed by atoms with Gasteiger partial charge in [0.2, 0.25) is 0 Å². The summed E-state index contributed by atoms with van der Waals surface area (Å²) in [6.07, 6.45) is -1.25. The zero-order chi connectivity index (χ0) is 28.0. The van der Waals surface area contributed by atoms with Crippen molar-refractivity contribution in [3.63, 3.8) is 0 Å². The molecule has 9 nitrogen and oxygen atoms in total.